The number of hydrogen-bond acceptors (Lipinski definition) is 4. The number of nitrogens with one attached hydrogen (secondary N) is 1. The second-order valence-electron chi connectivity index (χ2n) is 4.41. The Morgan fingerprint density at radius 3 is 2.62 bits per heavy atom. The molecule has 0 amide bonds. The van der Waals surface area contributed by atoms with Crippen molar-refractivity contribution in [2.24, 2.45) is 0 Å². The van der Waals surface area contributed by atoms with Crippen molar-refractivity contribution in [1.29, 1.82) is 0 Å². The van der Waals surface area contributed by atoms with Crippen molar-refractivity contribution in [3.63, 3.8) is 0 Å². The van der Waals surface area contributed by atoms with Crippen LogP contribution in [0.25, 0.3) is 0 Å². The van der Waals surface area contributed by atoms with Gasteiger partial charge in [0.05, 0.1) is 4.92 Å². The second kappa shape index (κ2) is 7.75. The van der Waals surface area contributed by atoms with Crippen molar-refractivity contribution in [2.75, 3.05) is 13.2 Å². The topological polar surface area (TPSA) is 64.4 Å². The molecule has 21 heavy (non-hydrogen) atoms. The molecule has 5 nitrogen and oxygen atoms in total. The molecule has 0 aliphatic rings. The molecule has 0 fully saturated rings. The Hall–Kier alpha value is -1.92. The van der Waals surface area contributed by atoms with Gasteiger partial charge in [0.25, 0.3) is 5.69 Å². The average Bonchev–Trinajstić information content (AvgIpc) is 2.47. The zero-order valence-corrected chi connectivity index (χ0v) is 12.9. The molecule has 6 heteroatoms. The Morgan fingerprint density at radius 1 is 1.19 bits per heavy atom. The van der Waals surface area contributed by atoms with Crippen LogP contribution in [0.1, 0.15) is 5.56 Å². The van der Waals surface area contributed by atoms with E-state index in [0.717, 1.165) is 15.8 Å². The van der Waals surface area contributed by atoms with Gasteiger partial charge in [-0.25, -0.2) is 0 Å². The highest BCUT2D eigenvalue weighted by Gasteiger charge is 2.03. The normalized spacial score (nSPS) is 10.3. The summed E-state index contributed by atoms with van der Waals surface area (Å²) in [5.41, 5.74) is 1.11. The lowest BCUT2D eigenvalue weighted by Gasteiger charge is -2.08. The molecule has 2 rings (SSSR count). The van der Waals surface area contributed by atoms with E-state index in [9.17, 15) is 10.1 Å². The van der Waals surface area contributed by atoms with Gasteiger partial charge in [-0.05, 0) is 23.8 Å². The standard InChI is InChI=1S/C15H15BrN2O3/c16-13-2-1-3-15(10-13)21-9-8-17-11-12-4-6-14(7-5-12)18(19)20/h1-7,10,17H,8-9,11H2. The van der Waals surface area contributed by atoms with Gasteiger partial charge < -0.3 is 10.1 Å². The Balaban J connectivity index is 1.69. The molecule has 0 aliphatic carbocycles. The summed E-state index contributed by atoms with van der Waals surface area (Å²) >= 11 is 3.39. The van der Waals surface area contributed by atoms with Crippen LogP contribution in [0.5, 0.6) is 5.75 Å². The van der Waals surface area contributed by atoms with E-state index in [0.29, 0.717) is 19.7 Å². The van der Waals surface area contributed by atoms with E-state index in [2.05, 4.69) is 21.2 Å². The third-order valence-electron chi connectivity index (χ3n) is 2.82. The van der Waals surface area contributed by atoms with Gasteiger partial charge >= 0.3 is 0 Å². The highest BCUT2D eigenvalue weighted by atomic mass is 79.9. The van der Waals surface area contributed by atoms with Crippen LogP contribution < -0.4 is 10.1 Å². The maximum Gasteiger partial charge on any atom is 0.269 e. The summed E-state index contributed by atoms with van der Waals surface area (Å²) in [6.07, 6.45) is 0. The summed E-state index contributed by atoms with van der Waals surface area (Å²) < 4.78 is 6.58. The minimum absolute atomic E-state index is 0.108. The molecule has 0 heterocycles. The van der Waals surface area contributed by atoms with Crippen molar-refractivity contribution in [3.8, 4) is 5.75 Å². The van der Waals surface area contributed by atoms with Gasteiger partial charge in [-0.1, -0.05) is 34.1 Å². The lowest BCUT2D eigenvalue weighted by atomic mass is 10.2. The maximum atomic E-state index is 10.5. The van der Waals surface area contributed by atoms with Crippen LogP contribution >= 0.6 is 15.9 Å². The van der Waals surface area contributed by atoms with E-state index in [4.69, 9.17) is 4.74 Å². The predicted octanol–water partition coefficient (Wildman–Crippen LogP) is 3.53. The van der Waals surface area contributed by atoms with Gasteiger partial charge in [-0.15, -0.1) is 0 Å². The minimum Gasteiger partial charge on any atom is -0.492 e. The predicted molar refractivity (Wildman–Crippen MR) is 84.4 cm³/mol. The number of nitro groups is 1. The highest BCUT2D eigenvalue weighted by Crippen LogP contribution is 2.17. The molecule has 0 spiro atoms. The summed E-state index contributed by atoms with van der Waals surface area (Å²) in [6.45, 7) is 1.91. The fourth-order valence-electron chi connectivity index (χ4n) is 1.77. The SMILES string of the molecule is O=[N+]([O-])c1ccc(CNCCOc2cccc(Br)c2)cc1. The quantitative estimate of drug-likeness (QED) is 0.471. The van der Waals surface area contributed by atoms with Crippen LogP contribution in [0, 0.1) is 10.1 Å². The third-order valence-corrected chi connectivity index (χ3v) is 3.31. The van der Waals surface area contributed by atoms with Crippen molar-refractivity contribution < 1.29 is 9.66 Å². The zero-order valence-electron chi connectivity index (χ0n) is 11.3. The van der Waals surface area contributed by atoms with Crippen LogP contribution in [-0.2, 0) is 6.54 Å². The number of rotatable bonds is 7. The minimum atomic E-state index is -0.400. The van der Waals surface area contributed by atoms with Gasteiger partial charge in [0.2, 0.25) is 0 Å². The summed E-state index contributed by atoms with van der Waals surface area (Å²) in [5.74, 6) is 0.821. The van der Waals surface area contributed by atoms with Gasteiger partial charge in [0.15, 0.2) is 0 Å². The van der Waals surface area contributed by atoms with Gasteiger partial charge in [-0.2, -0.15) is 0 Å². The molecular weight excluding hydrogens is 336 g/mol. The summed E-state index contributed by atoms with van der Waals surface area (Å²) in [7, 11) is 0. The molecular formula is C15H15BrN2O3. The third kappa shape index (κ3) is 5.17. The van der Waals surface area contributed by atoms with E-state index >= 15 is 0 Å². The highest BCUT2D eigenvalue weighted by molar-refractivity contribution is 9.10. The Kier molecular flexibility index (Phi) is 5.71. The van der Waals surface area contributed by atoms with Crippen molar-refractivity contribution in [2.45, 2.75) is 6.54 Å². The van der Waals surface area contributed by atoms with E-state index in [1.54, 1.807) is 12.1 Å². The molecule has 110 valence electrons. The fraction of sp³-hybridized carbons (Fsp3) is 0.200. The lowest BCUT2D eigenvalue weighted by Crippen LogP contribution is -2.20. The molecule has 0 aromatic heterocycles. The molecule has 0 radical (unpaired) electrons. The molecule has 0 saturated heterocycles. The molecule has 0 unspecified atom stereocenters. The molecule has 2 aromatic carbocycles. The lowest BCUT2D eigenvalue weighted by molar-refractivity contribution is -0.384. The van der Waals surface area contributed by atoms with Crippen LogP contribution in [0.2, 0.25) is 0 Å². The van der Waals surface area contributed by atoms with Gasteiger partial charge in [-0.3, -0.25) is 10.1 Å². The molecule has 0 bridgehead atoms. The largest absolute Gasteiger partial charge is 0.492 e. The number of benzene rings is 2. The van der Waals surface area contributed by atoms with Crippen LogP contribution in [0.4, 0.5) is 5.69 Å². The summed E-state index contributed by atoms with van der Waals surface area (Å²) in [6, 6.07) is 14.2. The van der Waals surface area contributed by atoms with E-state index in [-0.39, 0.29) is 5.69 Å². The van der Waals surface area contributed by atoms with E-state index in [1.807, 2.05) is 24.3 Å². The number of ether oxygens (including phenoxy) is 1. The summed E-state index contributed by atoms with van der Waals surface area (Å²) in [4.78, 5) is 10.1. The number of nitrogens with zero attached hydrogens (tertiary/aromatic N) is 1. The van der Waals surface area contributed by atoms with Crippen molar-refractivity contribution in [3.05, 3.63) is 68.7 Å². The van der Waals surface area contributed by atoms with Gasteiger partial charge in [0, 0.05) is 29.7 Å². The molecule has 0 atom stereocenters. The average molecular weight is 351 g/mol. The first kappa shape index (κ1) is 15.5. The first-order chi connectivity index (χ1) is 10.1. The number of non-ortho nitro benzene ring substituents is 1. The fourth-order valence-corrected chi connectivity index (χ4v) is 2.14. The first-order valence-electron chi connectivity index (χ1n) is 6.47. The number of halogens is 1. The van der Waals surface area contributed by atoms with E-state index < -0.39 is 4.92 Å². The smallest absolute Gasteiger partial charge is 0.269 e. The van der Waals surface area contributed by atoms with Crippen LogP contribution in [0.15, 0.2) is 53.0 Å². The molecule has 0 aliphatic heterocycles. The Labute approximate surface area is 131 Å². The molecule has 1 N–H and O–H groups in total. The monoisotopic (exact) mass is 350 g/mol. The molecule has 0 saturated carbocycles. The zero-order chi connectivity index (χ0) is 15.1. The number of hydrogen-bond donors (Lipinski definition) is 1. The maximum absolute atomic E-state index is 10.5. The Morgan fingerprint density at radius 2 is 1.95 bits per heavy atom. The summed E-state index contributed by atoms with van der Waals surface area (Å²) in [5, 5.41) is 13.8. The number of nitro benzene ring substituents is 1. The van der Waals surface area contributed by atoms with Crippen LogP contribution in [0.3, 0.4) is 0 Å². The Bertz CT molecular complexity index is 602. The van der Waals surface area contributed by atoms with Crippen LogP contribution in [-0.4, -0.2) is 18.1 Å². The van der Waals surface area contributed by atoms with E-state index in [1.165, 1.54) is 12.1 Å². The second-order valence-corrected chi connectivity index (χ2v) is 5.32. The first-order valence-corrected chi connectivity index (χ1v) is 7.27. The molecule has 2 aromatic rings. The van der Waals surface area contributed by atoms with Crippen molar-refractivity contribution >= 4 is 21.6 Å². The van der Waals surface area contributed by atoms with Crippen molar-refractivity contribution in [1.82, 2.24) is 5.32 Å². The van der Waals surface area contributed by atoms with Gasteiger partial charge in [0.1, 0.15) is 12.4 Å².